The van der Waals surface area contributed by atoms with Crippen LogP contribution >= 0.6 is 11.9 Å². The number of piperidine rings is 1. The van der Waals surface area contributed by atoms with Crippen molar-refractivity contribution in [1.29, 1.82) is 5.26 Å². The fraction of sp³-hybridized carbons (Fsp3) is 0.333. The molecule has 0 radical (unpaired) electrons. The predicted octanol–water partition coefficient (Wildman–Crippen LogP) is 4.78. The number of hydrogen-bond acceptors (Lipinski definition) is 4. The summed E-state index contributed by atoms with van der Waals surface area (Å²) in [7, 11) is 0. The van der Waals surface area contributed by atoms with Crippen molar-refractivity contribution in [3.8, 4) is 6.07 Å². The Labute approximate surface area is 182 Å². The van der Waals surface area contributed by atoms with Crippen molar-refractivity contribution in [1.82, 2.24) is 9.21 Å². The van der Waals surface area contributed by atoms with Crippen molar-refractivity contribution >= 4 is 23.7 Å². The summed E-state index contributed by atoms with van der Waals surface area (Å²) in [6, 6.07) is 19.9. The highest BCUT2D eigenvalue weighted by molar-refractivity contribution is 7.97. The van der Waals surface area contributed by atoms with E-state index in [9.17, 15) is 10.1 Å². The van der Waals surface area contributed by atoms with Gasteiger partial charge in [-0.05, 0) is 66.6 Å². The van der Waals surface area contributed by atoms with Crippen LogP contribution in [0, 0.1) is 17.2 Å². The van der Waals surface area contributed by atoms with Crippen LogP contribution < -0.4 is 4.90 Å². The van der Waals surface area contributed by atoms with Crippen molar-refractivity contribution in [2.75, 3.05) is 37.6 Å². The summed E-state index contributed by atoms with van der Waals surface area (Å²) < 4.78 is 2.42. The number of carbonyl (C=O) groups is 1. The summed E-state index contributed by atoms with van der Waals surface area (Å²) in [5.74, 6) is 0.500. The minimum atomic E-state index is 0.0126. The van der Waals surface area contributed by atoms with E-state index in [1.54, 1.807) is 17.0 Å². The van der Waals surface area contributed by atoms with E-state index >= 15 is 0 Å². The van der Waals surface area contributed by atoms with Crippen LogP contribution in [0.4, 0.5) is 10.5 Å². The molecule has 2 aliphatic heterocycles. The van der Waals surface area contributed by atoms with E-state index in [-0.39, 0.29) is 6.03 Å². The highest BCUT2D eigenvalue weighted by atomic mass is 32.2. The summed E-state index contributed by atoms with van der Waals surface area (Å²) in [6.07, 6.45) is 2.17. The highest BCUT2D eigenvalue weighted by Gasteiger charge is 2.31. The number of urea groups is 1. The average molecular weight is 419 g/mol. The number of benzene rings is 2. The van der Waals surface area contributed by atoms with Gasteiger partial charge in [0.15, 0.2) is 0 Å². The Kier molecular flexibility index (Phi) is 6.41. The van der Waals surface area contributed by atoms with Crippen LogP contribution in [0.5, 0.6) is 0 Å². The van der Waals surface area contributed by atoms with E-state index in [1.807, 2.05) is 35.0 Å². The molecule has 0 saturated carbocycles. The Morgan fingerprint density at radius 1 is 1.07 bits per heavy atom. The molecule has 2 saturated heterocycles. The third kappa shape index (κ3) is 4.86. The minimum absolute atomic E-state index is 0.0126. The summed E-state index contributed by atoms with van der Waals surface area (Å²) in [4.78, 5) is 18.1. The lowest BCUT2D eigenvalue weighted by atomic mass is 9.97. The molecule has 2 aliphatic rings. The van der Waals surface area contributed by atoms with Gasteiger partial charge in [0.2, 0.25) is 0 Å². The number of rotatable bonds is 5. The van der Waals surface area contributed by atoms with Crippen molar-refractivity contribution in [2.24, 2.45) is 5.92 Å². The molecule has 0 N–H and O–H groups in total. The molecular formula is C24H26N4OS. The summed E-state index contributed by atoms with van der Waals surface area (Å²) in [5, 5.41) is 9.17. The normalized spacial score (nSPS) is 18.5. The molecule has 6 heteroatoms. The van der Waals surface area contributed by atoms with E-state index in [4.69, 9.17) is 0 Å². The molecule has 0 aromatic heterocycles. The highest BCUT2D eigenvalue weighted by Crippen LogP contribution is 2.30. The van der Waals surface area contributed by atoms with Gasteiger partial charge in [0.05, 0.1) is 18.2 Å². The fourth-order valence-corrected chi connectivity index (χ4v) is 5.03. The van der Waals surface area contributed by atoms with Crippen molar-refractivity contribution in [3.05, 3.63) is 72.3 Å². The monoisotopic (exact) mass is 418 g/mol. The minimum Gasteiger partial charge on any atom is -0.320 e. The van der Waals surface area contributed by atoms with Crippen LogP contribution in [0.3, 0.4) is 0 Å². The molecule has 0 atom stereocenters. The quantitative estimate of drug-likeness (QED) is 0.518. The first-order valence-electron chi connectivity index (χ1n) is 10.3. The third-order valence-corrected chi connectivity index (χ3v) is 6.72. The van der Waals surface area contributed by atoms with Gasteiger partial charge in [-0.15, -0.1) is 0 Å². The maximum absolute atomic E-state index is 13.2. The van der Waals surface area contributed by atoms with Crippen LogP contribution in [0.1, 0.15) is 18.4 Å². The van der Waals surface area contributed by atoms with E-state index < -0.39 is 0 Å². The Bertz CT molecular complexity index is 947. The molecular weight excluding hydrogens is 392 g/mol. The Balaban J connectivity index is 1.35. The molecule has 0 unspecified atom stereocenters. The summed E-state index contributed by atoms with van der Waals surface area (Å²) >= 11 is 1.82. The first-order valence-corrected chi connectivity index (χ1v) is 11.1. The maximum atomic E-state index is 13.2. The number of anilines is 1. The zero-order valence-electron chi connectivity index (χ0n) is 17.0. The lowest BCUT2D eigenvalue weighted by Crippen LogP contribution is -2.52. The van der Waals surface area contributed by atoms with E-state index in [1.165, 1.54) is 4.90 Å². The maximum Gasteiger partial charge on any atom is 0.325 e. The number of nitriles is 1. The predicted molar refractivity (Wildman–Crippen MR) is 121 cm³/mol. The molecule has 2 fully saturated rings. The SMILES string of the molecule is C=C1CN(CC2CCN(Sc3ccccc3)CC2)C(=O)N(c2cccc(C#N)c2)C1. The largest absolute Gasteiger partial charge is 0.325 e. The van der Waals surface area contributed by atoms with Gasteiger partial charge in [0.1, 0.15) is 0 Å². The van der Waals surface area contributed by atoms with Gasteiger partial charge in [-0.2, -0.15) is 5.26 Å². The molecule has 154 valence electrons. The molecule has 2 amide bonds. The first-order chi connectivity index (χ1) is 14.6. The van der Waals surface area contributed by atoms with Crippen LogP contribution in [0.2, 0.25) is 0 Å². The first kappa shape index (κ1) is 20.5. The molecule has 0 aliphatic carbocycles. The van der Waals surface area contributed by atoms with Crippen LogP contribution in [0.15, 0.2) is 71.6 Å². The van der Waals surface area contributed by atoms with Crippen LogP contribution in [-0.4, -0.2) is 48.0 Å². The number of carbonyl (C=O) groups excluding carboxylic acids is 1. The number of nitrogens with zero attached hydrogens (tertiary/aromatic N) is 4. The van der Waals surface area contributed by atoms with Gasteiger partial charge in [-0.1, -0.05) is 30.8 Å². The zero-order valence-corrected chi connectivity index (χ0v) is 17.9. The van der Waals surface area contributed by atoms with Crippen molar-refractivity contribution in [2.45, 2.75) is 17.7 Å². The Morgan fingerprint density at radius 3 is 2.57 bits per heavy atom. The van der Waals surface area contributed by atoms with Gasteiger partial charge >= 0.3 is 6.03 Å². The molecule has 2 heterocycles. The third-order valence-electron chi connectivity index (χ3n) is 5.61. The zero-order chi connectivity index (χ0) is 20.9. The number of amides is 2. The van der Waals surface area contributed by atoms with E-state index in [2.05, 4.69) is 41.2 Å². The van der Waals surface area contributed by atoms with Gasteiger partial charge in [-0.25, -0.2) is 9.10 Å². The molecule has 4 rings (SSSR count). The van der Waals surface area contributed by atoms with E-state index in [0.29, 0.717) is 24.6 Å². The lowest BCUT2D eigenvalue weighted by Gasteiger charge is -2.40. The van der Waals surface area contributed by atoms with Crippen molar-refractivity contribution < 1.29 is 4.79 Å². The topological polar surface area (TPSA) is 50.6 Å². The van der Waals surface area contributed by atoms with Gasteiger partial charge in [0.25, 0.3) is 0 Å². The summed E-state index contributed by atoms with van der Waals surface area (Å²) in [6.45, 7) is 8.10. The molecule has 5 nitrogen and oxygen atoms in total. The molecule has 2 aromatic carbocycles. The molecule has 30 heavy (non-hydrogen) atoms. The molecule has 0 spiro atoms. The van der Waals surface area contributed by atoms with Gasteiger partial charge < -0.3 is 4.90 Å². The van der Waals surface area contributed by atoms with Crippen LogP contribution in [0.25, 0.3) is 0 Å². The Morgan fingerprint density at radius 2 is 1.83 bits per heavy atom. The molecule has 2 aromatic rings. The van der Waals surface area contributed by atoms with Crippen LogP contribution in [-0.2, 0) is 0 Å². The lowest BCUT2D eigenvalue weighted by molar-refractivity contribution is 0.178. The van der Waals surface area contributed by atoms with Crippen molar-refractivity contribution in [3.63, 3.8) is 0 Å². The van der Waals surface area contributed by atoms with Gasteiger partial charge in [-0.3, -0.25) is 4.90 Å². The van der Waals surface area contributed by atoms with E-state index in [0.717, 1.165) is 43.7 Å². The fourth-order valence-electron chi connectivity index (χ4n) is 4.06. The average Bonchev–Trinajstić information content (AvgIpc) is 2.78. The standard InChI is InChI=1S/C24H26N4OS/c1-19-16-26(24(29)28(17-19)22-7-5-6-21(14-22)15-25)18-20-10-12-27(13-11-20)30-23-8-3-2-4-9-23/h2-9,14,20H,1,10-13,16-18H2. The second-order valence-electron chi connectivity index (χ2n) is 7.94. The summed E-state index contributed by atoms with van der Waals surface area (Å²) in [5.41, 5.74) is 2.35. The second-order valence-corrected chi connectivity index (χ2v) is 9.11. The second kappa shape index (κ2) is 9.38. The number of hydrogen-bond donors (Lipinski definition) is 0. The van der Waals surface area contributed by atoms with Gasteiger partial charge in [0, 0.05) is 36.8 Å². The Hall–Kier alpha value is -2.75. The molecule has 0 bridgehead atoms. The smallest absolute Gasteiger partial charge is 0.320 e.